The maximum absolute atomic E-state index is 12.3. The zero-order chi connectivity index (χ0) is 15.6. The van der Waals surface area contributed by atoms with Gasteiger partial charge in [0, 0.05) is 0 Å². The number of hydrogen-bond donors (Lipinski definition) is 0. The van der Waals surface area contributed by atoms with Crippen molar-refractivity contribution in [3.63, 3.8) is 0 Å². The minimum atomic E-state index is -0.607. The van der Waals surface area contributed by atoms with Crippen LogP contribution >= 0.6 is 0 Å². The summed E-state index contributed by atoms with van der Waals surface area (Å²) in [6, 6.07) is 4.96. The highest BCUT2D eigenvalue weighted by Crippen LogP contribution is 2.35. The van der Waals surface area contributed by atoms with Crippen molar-refractivity contribution in [1.29, 1.82) is 5.26 Å². The smallest absolute Gasteiger partial charge is 0.411 e. The van der Waals surface area contributed by atoms with Gasteiger partial charge >= 0.3 is 6.09 Å². The van der Waals surface area contributed by atoms with Crippen molar-refractivity contribution in [2.75, 3.05) is 0 Å². The number of carbonyl (C=O) groups excluding carboxylic acids is 2. The van der Waals surface area contributed by atoms with Crippen molar-refractivity contribution >= 4 is 12.4 Å². The molecule has 1 aromatic heterocycles. The molecule has 0 radical (unpaired) electrons. The fourth-order valence-electron chi connectivity index (χ4n) is 2.25. The molecule has 0 aliphatic carbocycles. The van der Waals surface area contributed by atoms with Gasteiger partial charge in [-0.3, -0.25) is 9.69 Å². The predicted octanol–water partition coefficient (Wildman–Crippen LogP) is 2.60. The summed E-state index contributed by atoms with van der Waals surface area (Å²) in [6.45, 7) is 5.70. The summed E-state index contributed by atoms with van der Waals surface area (Å²) in [5.41, 5.74) is 1.13. The molecule has 1 unspecified atom stereocenters. The fourth-order valence-corrected chi connectivity index (χ4v) is 2.25. The van der Waals surface area contributed by atoms with E-state index in [-0.39, 0.29) is 6.42 Å². The Morgan fingerprint density at radius 1 is 1.57 bits per heavy atom. The van der Waals surface area contributed by atoms with Crippen LogP contribution in [0, 0.1) is 11.3 Å². The Morgan fingerprint density at radius 2 is 2.29 bits per heavy atom. The third kappa shape index (κ3) is 3.19. The molecule has 2 heterocycles. The van der Waals surface area contributed by atoms with E-state index >= 15 is 0 Å². The SMILES string of the molecule is CC(C)(C)OC(=O)N1Cc2ccc(C=O)nc2C1CC#N. The molecule has 6 nitrogen and oxygen atoms in total. The van der Waals surface area contributed by atoms with Crippen LogP contribution in [0.1, 0.15) is 55.0 Å². The lowest BCUT2D eigenvalue weighted by Gasteiger charge is -2.27. The van der Waals surface area contributed by atoms with Crippen molar-refractivity contribution in [3.8, 4) is 6.07 Å². The van der Waals surface area contributed by atoms with Crippen LogP contribution in [0.15, 0.2) is 12.1 Å². The Hall–Kier alpha value is -2.42. The number of carbonyl (C=O) groups is 2. The molecule has 1 amide bonds. The van der Waals surface area contributed by atoms with Crippen LogP contribution < -0.4 is 0 Å². The van der Waals surface area contributed by atoms with Crippen LogP contribution in [-0.4, -0.2) is 27.9 Å². The quantitative estimate of drug-likeness (QED) is 0.781. The topological polar surface area (TPSA) is 83.3 Å². The minimum Gasteiger partial charge on any atom is -0.444 e. The largest absolute Gasteiger partial charge is 0.444 e. The Labute approximate surface area is 123 Å². The number of aromatic nitrogens is 1. The average molecular weight is 287 g/mol. The van der Waals surface area contributed by atoms with Gasteiger partial charge in [-0.15, -0.1) is 0 Å². The normalized spacial score (nSPS) is 17.0. The van der Waals surface area contributed by atoms with Gasteiger partial charge in [-0.25, -0.2) is 9.78 Å². The van der Waals surface area contributed by atoms with Gasteiger partial charge in [-0.2, -0.15) is 5.26 Å². The molecule has 2 rings (SSSR count). The number of nitrogens with zero attached hydrogens (tertiary/aromatic N) is 3. The van der Waals surface area contributed by atoms with Crippen molar-refractivity contribution in [2.45, 2.75) is 45.4 Å². The summed E-state index contributed by atoms with van der Waals surface area (Å²) < 4.78 is 5.37. The standard InChI is InChI=1S/C15H17N3O3/c1-15(2,3)21-14(20)18-8-10-4-5-11(9-19)17-13(10)12(18)6-7-16/h4-5,9,12H,6,8H2,1-3H3. The fraction of sp³-hybridized carbons (Fsp3) is 0.467. The molecule has 0 N–H and O–H groups in total. The summed E-state index contributed by atoms with van der Waals surface area (Å²) in [5.74, 6) is 0. The minimum absolute atomic E-state index is 0.113. The third-order valence-electron chi connectivity index (χ3n) is 3.10. The summed E-state index contributed by atoms with van der Waals surface area (Å²) in [5, 5.41) is 8.98. The number of nitriles is 1. The van der Waals surface area contributed by atoms with E-state index in [1.807, 2.05) is 0 Å². The zero-order valence-corrected chi connectivity index (χ0v) is 12.3. The molecule has 0 spiro atoms. The number of pyridine rings is 1. The monoisotopic (exact) mass is 287 g/mol. The summed E-state index contributed by atoms with van der Waals surface area (Å²) in [6.07, 6.45) is 0.287. The molecule has 0 saturated carbocycles. The highest BCUT2D eigenvalue weighted by atomic mass is 16.6. The Kier molecular flexibility index (Phi) is 3.94. The molecule has 1 atom stereocenters. The van der Waals surface area contributed by atoms with E-state index in [1.165, 1.54) is 4.90 Å². The van der Waals surface area contributed by atoms with Crippen LogP contribution in [0.3, 0.4) is 0 Å². The van der Waals surface area contributed by atoms with Crippen LogP contribution in [0.2, 0.25) is 0 Å². The van der Waals surface area contributed by atoms with Gasteiger partial charge in [0.2, 0.25) is 0 Å². The average Bonchev–Trinajstić information content (AvgIpc) is 2.75. The molecule has 0 bridgehead atoms. The first kappa shape index (κ1) is 15.0. The molecule has 1 aliphatic heterocycles. The molecule has 0 aromatic carbocycles. The second kappa shape index (κ2) is 5.52. The number of fused-ring (bicyclic) bond motifs is 1. The lowest BCUT2D eigenvalue weighted by atomic mass is 10.1. The number of amides is 1. The first-order chi connectivity index (χ1) is 9.85. The second-order valence-electron chi connectivity index (χ2n) is 5.88. The van der Waals surface area contributed by atoms with E-state index in [2.05, 4.69) is 11.1 Å². The van der Waals surface area contributed by atoms with E-state index in [0.717, 1.165) is 5.56 Å². The molecule has 0 saturated heterocycles. The van der Waals surface area contributed by atoms with Gasteiger partial charge in [-0.1, -0.05) is 6.07 Å². The molecular formula is C15H17N3O3. The Bertz CT molecular complexity index is 614. The molecular weight excluding hydrogens is 270 g/mol. The number of aldehydes is 1. The molecule has 21 heavy (non-hydrogen) atoms. The third-order valence-corrected chi connectivity index (χ3v) is 3.10. The predicted molar refractivity (Wildman–Crippen MR) is 74.4 cm³/mol. The van der Waals surface area contributed by atoms with Crippen molar-refractivity contribution < 1.29 is 14.3 Å². The molecule has 110 valence electrons. The van der Waals surface area contributed by atoms with Crippen LogP contribution in [-0.2, 0) is 11.3 Å². The molecule has 6 heteroatoms. The summed E-state index contributed by atoms with van der Waals surface area (Å²) in [4.78, 5) is 28.8. The molecule has 1 aliphatic rings. The van der Waals surface area contributed by atoms with Crippen LogP contribution in [0.4, 0.5) is 4.79 Å². The van der Waals surface area contributed by atoms with E-state index < -0.39 is 17.7 Å². The van der Waals surface area contributed by atoms with Gasteiger partial charge in [0.15, 0.2) is 6.29 Å². The van der Waals surface area contributed by atoms with E-state index in [4.69, 9.17) is 10.00 Å². The van der Waals surface area contributed by atoms with Crippen LogP contribution in [0.25, 0.3) is 0 Å². The Morgan fingerprint density at radius 3 is 2.86 bits per heavy atom. The number of hydrogen-bond acceptors (Lipinski definition) is 5. The number of rotatable bonds is 2. The lowest BCUT2D eigenvalue weighted by Crippen LogP contribution is -2.35. The van der Waals surface area contributed by atoms with Crippen molar-refractivity contribution in [2.24, 2.45) is 0 Å². The van der Waals surface area contributed by atoms with E-state index in [9.17, 15) is 9.59 Å². The highest BCUT2D eigenvalue weighted by Gasteiger charge is 2.37. The number of ether oxygens (including phenoxy) is 1. The van der Waals surface area contributed by atoms with E-state index in [0.29, 0.717) is 24.2 Å². The first-order valence-electron chi connectivity index (χ1n) is 6.67. The van der Waals surface area contributed by atoms with Gasteiger partial charge in [0.05, 0.1) is 30.8 Å². The summed E-state index contributed by atoms with van der Waals surface area (Å²) in [7, 11) is 0. The van der Waals surface area contributed by atoms with Crippen molar-refractivity contribution in [1.82, 2.24) is 9.88 Å². The highest BCUT2D eigenvalue weighted by molar-refractivity contribution is 5.73. The van der Waals surface area contributed by atoms with Gasteiger partial charge in [0.1, 0.15) is 11.3 Å². The van der Waals surface area contributed by atoms with Gasteiger partial charge in [0.25, 0.3) is 0 Å². The zero-order valence-electron chi connectivity index (χ0n) is 12.3. The second-order valence-corrected chi connectivity index (χ2v) is 5.88. The van der Waals surface area contributed by atoms with E-state index in [1.54, 1.807) is 32.9 Å². The van der Waals surface area contributed by atoms with Crippen molar-refractivity contribution in [3.05, 3.63) is 29.1 Å². The molecule has 0 fully saturated rings. The Balaban J connectivity index is 2.31. The van der Waals surface area contributed by atoms with Gasteiger partial charge in [-0.05, 0) is 32.4 Å². The summed E-state index contributed by atoms with van der Waals surface area (Å²) >= 11 is 0. The lowest BCUT2D eigenvalue weighted by molar-refractivity contribution is 0.0173. The van der Waals surface area contributed by atoms with Crippen LogP contribution in [0.5, 0.6) is 0 Å². The maximum atomic E-state index is 12.3. The van der Waals surface area contributed by atoms with Gasteiger partial charge < -0.3 is 4.74 Å². The first-order valence-corrected chi connectivity index (χ1v) is 6.67. The molecule has 1 aromatic rings. The maximum Gasteiger partial charge on any atom is 0.411 e.